The number of aryl methyl sites for hydroxylation is 1. The van der Waals surface area contributed by atoms with Crippen LogP contribution in [0.5, 0.6) is 5.75 Å². The minimum atomic E-state index is -1.86. The van der Waals surface area contributed by atoms with Crippen LogP contribution < -0.4 is 4.74 Å². The second kappa shape index (κ2) is 9.13. The summed E-state index contributed by atoms with van der Waals surface area (Å²) >= 11 is 0. The van der Waals surface area contributed by atoms with Crippen LogP contribution in [-0.4, -0.2) is 53.7 Å². The molecule has 1 heterocycles. The van der Waals surface area contributed by atoms with E-state index in [2.05, 4.69) is 27.4 Å². The molecular formula is C34H42O7. The van der Waals surface area contributed by atoms with Crippen LogP contribution >= 0.6 is 0 Å². The van der Waals surface area contributed by atoms with Crippen molar-refractivity contribution in [1.82, 2.24) is 0 Å². The number of esters is 1. The van der Waals surface area contributed by atoms with Gasteiger partial charge in [0.15, 0.2) is 23.3 Å². The Balaban J connectivity index is 1.49. The van der Waals surface area contributed by atoms with E-state index in [9.17, 15) is 14.7 Å². The standard InChI is InChI=1S/C34H42O7/c1-9-13-38-24-12-10-11-18(2)25(24)30(36)40-28-19(3)16-33-20(4)14-23-26(31(23,5)6)22(27(33)35)15-21-17-39-32(7,8)41-29(21)34(28,33)37/h9-12,15-16,20,22-23,26,28-29,37H,1,13-14,17H2,2-8H3/t20-,22+,23-,26+,28+,29-,33+,34-/m1/s1. The van der Waals surface area contributed by atoms with Gasteiger partial charge in [-0.2, -0.15) is 0 Å². The van der Waals surface area contributed by atoms with Gasteiger partial charge < -0.3 is 24.1 Å². The fourth-order valence-electron chi connectivity index (χ4n) is 8.64. The Kier molecular flexibility index (Phi) is 6.32. The number of Topliss-reactive ketones (excluding diaryl/α,β-unsaturated/α-hetero) is 1. The van der Waals surface area contributed by atoms with E-state index in [0.717, 1.165) is 12.0 Å². The number of fused-ring (bicyclic) bond motifs is 5. The summed E-state index contributed by atoms with van der Waals surface area (Å²) in [6.07, 6.45) is 4.30. The van der Waals surface area contributed by atoms with Gasteiger partial charge in [-0.15, -0.1) is 0 Å². The number of hydrogen-bond donors (Lipinski definition) is 1. The highest BCUT2D eigenvalue weighted by Gasteiger charge is 2.77. The Morgan fingerprint density at radius 1 is 1.22 bits per heavy atom. The van der Waals surface area contributed by atoms with Crippen molar-refractivity contribution in [2.24, 2.45) is 34.5 Å². The summed E-state index contributed by atoms with van der Waals surface area (Å²) in [6.45, 7) is 18.0. The fourth-order valence-corrected chi connectivity index (χ4v) is 8.64. The van der Waals surface area contributed by atoms with Crippen LogP contribution in [0.3, 0.4) is 0 Å². The van der Waals surface area contributed by atoms with Gasteiger partial charge in [0, 0.05) is 5.92 Å². The number of allylic oxidation sites excluding steroid dienone is 1. The van der Waals surface area contributed by atoms with Crippen molar-refractivity contribution in [3.05, 3.63) is 65.3 Å². The van der Waals surface area contributed by atoms with E-state index in [1.54, 1.807) is 26.0 Å². The average molecular weight is 563 g/mol. The molecule has 41 heavy (non-hydrogen) atoms. The molecule has 8 atom stereocenters. The monoisotopic (exact) mass is 562 g/mol. The molecule has 0 aromatic heterocycles. The average Bonchev–Trinajstić information content (AvgIpc) is 3.39. The number of carbonyl (C=O) groups excluding carboxylic acids is 2. The normalized spacial score (nSPS) is 39.6. The van der Waals surface area contributed by atoms with Crippen LogP contribution in [0.4, 0.5) is 0 Å². The number of carbonyl (C=O) groups is 2. The molecule has 0 amide bonds. The maximum absolute atomic E-state index is 14.9. The van der Waals surface area contributed by atoms with E-state index >= 15 is 0 Å². The summed E-state index contributed by atoms with van der Waals surface area (Å²) in [5.74, 6) is -1.32. The number of benzene rings is 1. The van der Waals surface area contributed by atoms with Crippen LogP contribution in [0, 0.1) is 41.4 Å². The van der Waals surface area contributed by atoms with E-state index in [0.29, 0.717) is 22.8 Å². The van der Waals surface area contributed by atoms with Gasteiger partial charge in [0.05, 0.1) is 12.0 Å². The van der Waals surface area contributed by atoms with Gasteiger partial charge in [0.2, 0.25) is 0 Å². The first-order valence-corrected chi connectivity index (χ1v) is 14.7. The molecule has 1 aromatic carbocycles. The SMILES string of the molecule is C=CCOc1cccc(C)c1C(=O)O[C@H]1C(C)=C[C@]23C(=O)[C@@H](C=C4COC(C)(C)O[C@H]4[C@]12O)[C@H]1[C@@H](C[C@H]3C)C1(C)C. The van der Waals surface area contributed by atoms with Crippen molar-refractivity contribution in [2.75, 3.05) is 13.2 Å². The van der Waals surface area contributed by atoms with Crippen LogP contribution in [0.25, 0.3) is 0 Å². The summed E-state index contributed by atoms with van der Waals surface area (Å²) in [5, 5.41) is 13.2. The van der Waals surface area contributed by atoms with Crippen LogP contribution in [0.2, 0.25) is 0 Å². The lowest BCUT2D eigenvalue weighted by Gasteiger charge is -2.52. The number of ether oxygens (including phenoxy) is 4. The summed E-state index contributed by atoms with van der Waals surface area (Å²) in [6, 6.07) is 5.34. The third-order valence-electron chi connectivity index (χ3n) is 10.7. The molecule has 1 aromatic rings. The molecule has 1 saturated heterocycles. The lowest BCUT2D eigenvalue weighted by Crippen LogP contribution is -2.68. The molecule has 220 valence electrons. The Morgan fingerprint density at radius 2 is 1.95 bits per heavy atom. The van der Waals surface area contributed by atoms with Gasteiger partial charge in [0.1, 0.15) is 24.0 Å². The van der Waals surface area contributed by atoms with E-state index in [1.807, 2.05) is 38.1 Å². The van der Waals surface area contributed by atoms with Crippen LogP contribution in [0.15, 0.2) is 54.2 Å². The molecule has 1 N–H and O–H groups in total. The zero-order valence-corrected chi connectivity index (χ0v) is 25.2. The minimum Gasteiger partial charge on any atom is -0.489 e. The predicted octanol–water partition coefficient (Wildman–Crippen LogP) is 5.35. The molecule has 1 spiro atoms. The Morgan fingerprint density at radius 3 is 2.66 bits per heavy atom. The fraction of sp³-hybridized carbons (Fsp3) is 0.588. The van der Waals surface area contributed by atoms with E-state index in [1.165, 1.54) is 0 Å². The minimum absolute atomic E-state index is 0.0160. The van der Waals surface area contributed by atoms with Crippen molar-refractivity contribution < 1.29 is 33.6 Å². The maximum Gasteiger partial charge on any atom is 0.342 e. The molecule has 1 aliphatic heterocycles. The number of aliphatic hydroxyl groups is 1. The zero-order valence-electron chi connectivity index (χ0n) is 25.2. The summed E-state index contributed by atoms with van der Waals surface area (Å²) in [4.78, 5) is 28.8. The summed E-state index contributed by atoms with van der Waals surface area (Å²) in [5.41, 5.74) is -0.786. The number of hydrogen-bond acceptors (Lipinski definition) is 7. The molecule has 2 saturated carbocycles. The van der Waals surface area contributed by atoms with Crippen LogP contribution in [0.1, 0.15) is 63.9 Å². The first kappa shape index (κ1) is 28.4. The lowest BCUT2D eigenvalue weighted by molar-refractivity contribution is -0.302. The molecule has 6 rings (SSSR count). The number of ketones is 1. The first-order chi connectivity index (χ1) is 19.2. The maximum atomic E-state index is 14.9. The molecule has 0 radical (unpaired) electrons. The van der Waals surface area contributed by atoms with Gasteiger partial charge in [-0.25, -0.2) is 4.79 Å². The molecule has 0 unspecified atom stereocenters. The van der Waals surface area contributed by atoms with Gasteiger partial charge in [0.25, 0.3) is 0 Å². The van der Waals surface area contributed by atoms with Gasteiger partial charge in [-0.3, -0.25) is 4.79 Å². The van der Waals surface area contributed by atoms with Gasteiger partial charge in [-0.1, -0.05) is 57.7 Å². The van der Waals surface area contributed by atoms with Crippen molar-refractivity contribution in [3.63, 3.8) is 0 Å². The second-order valence-electron chi connectivity index (χ2n) is 13.8. The largest absolute Gasteiger partial charge is 0.489 e. The third kappa shape index (κ3) is 3.81. The van der Waals surface area contributed by atoms with E-state index in [4.69, 9.17) is 18.9 Å². The molecule has 4 aliphatic carbocycles. The Bertz CT molecular complexity index is 1390. The van der Waals surface area contributed by atoms with Gasteiger partial charge >= 0.3 is 5.97 Å². The molecular weight excluding hydrogens is 520 g/mol. The van der Waals surface area contributed by atoms with Crippen molar-refractivity contribution >= 4 is 11.8 Å². The highest BCUT2D eigenvalue weighted by molar-refractivity contribution is 5.97. The Labute approximate surface area is 242 Å². The second-order valence-corrected chi connectivity index (χ2v) is 13.8. The van der Waals surface area contributed by atoms with Crippen LogP contribution in [-0.2, 0) is 19.0 Å². The summed E-state index contributed by atoms with van der Waals surface area (Å²) < 4.78 is 24.7. The quantitative estimate of drug-likeness (QED) is 0.382. The molecule has 7 nitrogen and oxygen atoms in total. The predicted molar refractivity (Wildman–Crippen MR) is 153 cm³/mol. The topological polar surface area (TPSA) is 91.3 Å². The number of rotatable bonds is 5. The smallest absolute Gasteiger partial charge is 0.342 e. The molecule has 2 bridgehead atoms. The van der Waals surface area contributed by atoms with E-state index in [-0.39, 0.29) is 47.7 Å². The molecule has 7 heteroatoms. The van der Waals surface area contributed by atoms with E-state index < -0.39 is 35.0 Å². The first-order valence-electron chi connectivity index (χ1n) is 14.7. The lowest BCUT2D eigenvalue weighted by atomic mass is 9.59. The van der Waals surface area contributed by atoms with Gasteiger partial charge in [-0.05, 0) is 80.1 Å². The molecule has 5 aliphatic rings. The van der Waals surface area contributed by atoms with Crippen molar-refractivity contribution in [2.45, 2.75) is 78.5 Å². The summed E-state index contributed by atoms with van der Waals surface area (Å²) in [7, 11) is 0. The van der Waals surface area contributed by atoms with Crippen molar-refractivity contribution in [3.8, 4) is 5.75 Å². The molecule has 3 fully saturated rings. The Hall–Kier alpha value is -2.74. The third-order valence-corrected chi connectivity index (χ3v) is 10.7. The van der Waals surface area contributed by atoms with Crippen molar-refractivity contribution in [1.29, 1.82) is 0 Å². The zero-order chi connectivity index (χ0) is 29.7. The highest BCUT2D eigenvalue weighted by Crippen LogP contribution is 2.72. The highest BCUT2D eigenvalue weighted by atomic mass is 16.7.